The molecule has 1 N–H and O–H groups in total. The SMILES string of the molecule is CC(CO)CSc1nccn(C2CC2)c1=O. The van der Waals surface area contributed by atoms with Crippen LogP contribution in [0.2, 0.25) is 0 Å². The van der Waals surface area contributed by atoms with Crippen molar-refractivity contribution >= 4 is 11.8 Å². The Morgan fingerprint density at radius 3 is 3.06 bits per heavy atom. The number of aliphatic hydroxyl groups excluding tert-OH is 1. The predicted molar refractivity (Wildman–Crippen MR) is 63.7 cm³/mol. The number of nitrogens with zero attached hydrogens (tertiary/aromatic N) is 2. The van der Waals surface area contributed by atoms with Gasteiger partial charge in [-0.3, -0.25) is 4.79 Å². The van der Waals surface area contributed by atoms with Crippen molar-refractivity contribution < 1.29 is 5.11 Å². The van der Waals surface area contributed by atoms with Gasteiger partial charge >= 0.3 is 0 Å². The van der Waals surface area contributed by atoms with E-state index in [1.165, 1.54) is 11.8 Å². The minimum Gasteiger partial charge on any atom is -0.396 e. The van der Waals surface area contributed by atoms with Gasteiger partial charge in [-0.25, -0.2) is 4.98 Å². The summed E-state index contributed by atoms with van der Waals surface area (Å²) in [5.74, 6) is 0.925. The molecular formula is C11H16N2O2S. The summed E-state index contributed by atoms with van der Waals surface area (Å²) in [5.41, 5.74) is 0.0140. The van der Waals surface area contributed by atoms with Crippen LogP contribution in [0.15, 0.2) is 22.2 Å². The smallest absolute Gasteiger partial charge is 0.283 e. The van der Waals surface area contributed by atoms with E-state index in [9.17, 15) is 4.79 Å². The second kappa shape index (κ2) is 5.01. The first-order valence-corrected chi connectivity index (χ1v) is 6.51. The maximum absolute atomic E-state index is 12.0. The fraction of sp³-hybridized carbons (Fsp3) is 0.636. The summed E-state index contributed by atoms with van der Waals surface area (Å²) in [6.07, 6.45) is 5.65. The van der Waals surface area contributed by atoms with Crippen molar-refractivity contribution in [3.63, 3.8) is 0 Å². The summed E-state index contributed by atoms with van der Waals surface area (Å²) in [6, 6.07) is 0.394. The molecule has 88 valence electrons. The van der Waals surface area contributed by atoms with E-state index in [1.807, 2.05) is 6.92 Å². The maximum atomic E-state index is 12.0. The van der Waals surface area contributed by atoms with Gasteiger partial charge in [-0.15, -0.1) is 11.8 Å². The van der Waals surface area contributed by atoms with Crippen LogP contribution in [0.25, 0.3) is 0 Å². The van der Waals surface area contributed by atoms with Crippen molar-refractivity contribution in [1.29, 1.82) is 0 Å². The van der Waals surface area contributed by atoms with Crippen molar-refractivity contribution in [2.75, 3.05) is 12.4 Å². The largest absolute Gasteiger partial charge is 0.396 e. The molecule has 1 fully saturated rings. The Bertz CT molecular complexity index is 415. The predicted octanol–water partition coefficient (Wildman–Crippen LogP) is 1.30. The highest BCUT2D eigenvalue weighted by Crippen LogP contribution is 2.33. The fourth-order valence-corrected chi connectivity index (χ4v) is 2.33. The maximum Gasteiger partial charge on any atom is 0.283 e. The quantitative estimate of drug-likeness (QED) is 0.788. The minimum absolute atomic E-state index is 0.0140. The normalized spacial score (nSPS) is 17.4. The van der Waals surface area contributed by atoms with Crippen molar-refractivity contribution in [2.24, 2.45) is 5.92 Å². The molecule has 0 bridgehead atoms. The third kappa shape index (κ3) is 2.65. The van der Waals surface area contributed by atoms with Gasteiger partial charge < -0.3 is 9.67 Å². The lowest BCUT2D eigenvalue weighted by molar-refractivity contribution is 0.250. The van der Waals surface area contributed by atoms with Crippen LogP contribution in [0.3, 0.4) is 0 Å². The molecule has 0 radical (unpaired) electrons. The molecule has 16 heavy (non-hydrogen) atoms. The van der Waals surface area contributed by atoms with Crippen LogP contribution in [0.5, 0.6) is 0 Å². The molecule has 1 atom stereocenters. The lowest BCUT2D eigenvalue weighted by Gasteiger charge is -2.08. The van der Waals surface area contributed by atoms with E-state index in [0.717, 1.165) is 18.6 Å². The minimum atomic E-state index is 0.0140. The van der Waals surface area contributed by atoms with Gasteiger partial charge in [0, 0.05) is 30.8 Å². The standard InChI is InChI=1S/C11H16N2O2S/c1-8(6-14)7-16-10-11(15)13(5-4-12-10)9-2-3-9/h4-5,8-9,14H,2-3,6-7H2,1H3. The first-order valence-electron chi connectivity index (χ1n) is 5.53. The van der Waals surface area contributed by atoms with Crippen molar-refractivity contribution in [3.8, 4) is 0 Å². The van der Waals surface area contributed by atoms with Gasteiger partial charge in [0.25, 0.3) is 5.56 Å². The highest BCUT2D eigenvalue weighted by Gasteiger charge is 2.25. The van der Waals surface area contributed by atoms with Crippen molar-refractivity contribution in [1.82, 2.24) is 9.55 Å². The van der Waals surface area contributed by atoms with Crippen LogP contribution in [0.4, 0.5) is 0 Å². The summed E-state index contributed by atoms with van der Waals surface area (Å²) in [7, 11) is 0. The first kappa shape index (κ1) is 11.7. The summed E-state index contributed by atoms with van der Waals surface area (Å²) < 4.78 is 1.78. The molecule has 1 saturated carbocycles. The number of hydrogen-bond donors (Lipinski definition) is 1. The van der Waals surface area contributed by atoms with Gasteiger partial charge in [0.1, 0.15) is 0 Å². The van der Waals surface area contributed by atoms with Crippen molar-refractivity contribution in [2.45, 2.75) is 30.8 Å². The third-order valence-electron chi connectivity index (χ3n) is 2.59. The molecule has 0 saturated heterocycles. The van der Waals surface area contributed by atoms with Crippen LogP contribution >= 0.6 is 11.8 Å². The van der Waals surface area contributed by atoms with Crippen LogP contribution in [-0.2, 0) is 0 Å². The molecule has 1 heterocycles. The highest BCUT2D eigenvalue weighted by atomic mass is 32.2. The Kier molecular flexibility index (Phi) is 3.66. The fourth-order valence-electron chi connectivity index (χ4n) is 1.42. The molecule has 1 aromatic heterocycles. The molecule has 1 aliphatic rings. The summed E-state index contributed by atoms with van der Waals surface area (Å²) in [4.78, 5) is 16.1. The van der Waals surface area contributed by atoms with Gasteiger partial charge in [0.2, 0.25) is 0 Å². The van der Waals surface area contributed by atoms with E-state index in [-0.39, 0.29) is 18.1 Å². The number of aliphatic hydroxyl groups is 1. The van der Waals surface area contributed by atoms with E-state index in [0.29, 0.717) is 11.1 Å². The second-order valence-corrected chi connectivity index (χ2v) is 5.28. The van der Waals surface area contributed by atoms with Crippen LogP contribution < -0.4 is 5.56 Å². The third-order valence-corrected chi connectivity index (χ3v) is 3.88. The average Bonchev–Trinajstić information content (AvgIpc) is 3.11. The van der Waals surface area contributed by atoms with Gasteiger partial charge in [0.05, 0.1) is 0 Å². The number of aromatic nitrogens is 2. The Morgan fingerprint density at radius 1 is 1.69 bits per heavy atom. The number of hydrogen-bond acceptors (Lipinski definition) is 4. The Balaban J connectivity index is 2.09. The van der Waals surface area contributed by atoms with E-state index >= 15 is 0 Å². The lowest BCUT2D eigenvalue weighted by atomic mass is 10.2. The molecule has 4 nitrogen and oxygen atoms in total. The van der Waals surface area contributed by atoms with Crippen molar-refractivity contribution in [3.05, 3.63) is 22.7 Å². The zero-order valence-electron chi connectivity index (χ0n) is 9.30. The Morgan fingerprint density at radius 2 is 2.44 bits per heavy atom. The summed E-state index contributed by atoms with van der Waals surface area (Å²) in [6.45, 7) is 2.10. The van der Waals surface area contributed by atoms with Crippen LogP contribution in [0, 0.1) is 5.92 Å². The van der Waals surface area contributed by atoms with E-state index in [1.54, 1.807) is 17.0 Å². The molecule has 0 aromatic carbocycles. The highest BCUT2D eigenvalue weighted by molar-refractivity contribution is 7.99. The number of thioether (sulfide) groups is 1. The van der Waals surface area contributed by atoms with Crippen LogP contribution in [-0.4, -0.2) is 27.0 Å². The Hall–Kier alpha value is -0.810. The molecule has 1 aromatic rings. The van der Waals surface area contributed by atoms with E-state index in [2.05, 4.69) is 4.98 Å². The molecule has 5 heteroatoms. The molecule has 0 aliphatic heterocycles. The topological polar surface area (TPSA) is 55.1 Å². The van der Waals surface area contributed by atoms with Gasteiger partial charge in [-0.1, -0.05) is 6.92 Å². The van der Waals surface area contributed by atoms with Gasteiger partial charge in [-0.2, -0.15) is 0 Å². The zero-order chi connectivity index (χ0) is 11.5. The lowest BCUT2D eigenvalue weighted by Crippen LogP contribution is -2.21. The number of rotatable bonds is 5. The summed E-state index contributed by atoms with van der Waals surface area (Å²) >= 11 is 1.43. The van der Waals surface area contributed by atoms with Gasteiger partial charge in [0.15, 0.2) is 5.03 Å². The second-order valence-electron chi connectivity index (χ2n) is 4.27. The van der Waals surface area contributed by atoms with Gasteiger partial charge in [-0.05, 0) is 18.8 Å². The molecule has 1 aliphatic carbocycles. The average molecular weight is 240 g/mol. The monoisotopic (exact) mass is 240 g/mol. The van der Waals surface area contributed by atoms with E-state index in [4.69, 9.17) is 5.11 Å². The zero-order valence-corrected chi connectivity index (χ0v) is 10.1. The van der Waals surface area contributed by atoms with Crippen LogP contribution in [0.1, 0.15) is 25.8 Å². The molecule has 2 rings (SSSR count). The van der Waals surface area contributed by atoms with E-state index < -0.39 is 0 Å². The molecule has 0 amide bonds. The summed E-state index contributed by atoms with van der Waals surface area (Å²) in [5, 5.41) is 9.47. The molecule has 1 unspecified atom stereocenters. The molecule has 0 spiro atoms. The first-order chi connectivity index (χ1) is 7.72. The molecular weight excluding hydrogens is 224 g/mol. The Labute approximate surface area is 98.7 Å².